The lowest BCUT2D eigenvalue weighted by molar-refractivity contribution is 0.304. The summed E-state index contributed by atoms with van der Waals surface area (Å²) in [5, 5.41) is 7.19. The normalized spacial score (nSPS) is 11.5. The summed E-state index contributed by atoms with van der Waals surface area (Å²) in [6, 6.07) is 34.6. The van der Waals surface area contributed by atoms with Crippen LogP contribution < -0.4 is 4.74 Å². The van der Waals surface area contributed by atoms with Gasteiger partial charge in [-0.2, -0.15) is 0 Å². The second kappa shape index (κ2) is 13.6. The number of aromatic nitrogens is 4. The number of halogens is 1. The first kappa shape index (κ1) is 31.0. The molecule has 5 heterocycles. The summed E-state index contributed by atoms with van der Waals surface area (Å²) >= 11 is 1.74. The Hall–Kier alpha value is -4.65. The minimum absolute atomic E-state index is 0. The van der Waals surface area contributed by atoms with Gasteiger partial charge < -0.3 is 13.9 Å². The fourth-order valence-electron chi connectivity index (χ4n) is 7.00. The number of pyridine rings is 2. The molecule has 0 aliphatic rings. The van der Waals surface area contributed by atoms with E-state index < -0.39 is 0 Å². The van der Waals surface area contributed by atoms with Gasteiger partial charge in [0.25, 0.3) is 0 Å². The zero-order chi connectivity index (χ0) is 30.9. The molecule has 236 valence electrons. The van der Waals surface area contributed by atoms with Crippen LogP contribution in [0.3, 0.4) is 0 Å². The average molecular weight is 657 g/mol. The number of hydrogen-bond acceptors (Lipinski definition) is 4. The van der Waals surface area contributed by atoms with Gasteiger partial charge in [-0.05, 0) is 79.9 Å². The molecule has 0 fully saturated rings. The highest BCUT2D eigenvalue weighted by molar-refractivity contribution is 7.13. The lowest BCUT2D eigenvalue weighted by Crippen LogP contribution is -2.04. The van der Waals surface area contributed by atoms with Crippen LogP contribution in [0.4, 0.5) is 0 Å². The van der Waals surface area contributed by atoms with E-state index in [4.69, 9.17) is 9.72 Å². The summed E-state index contributed by atoms with van der Waals surface area (Å²) in [4.78, 5) is 10.7. The third-order valence-corrected chi connectivity index (χ3v) is 9.97. The molecule has 0 aliphatic heterocycles. The molecule has 0 saturated carbocycles. The van der Waals surface area contributed by atoms with Crippen LogP contribution in [0.2, 0.25) is 0 Å². The number of fused-ring (bicyclic) bond motifs is 6. The van der Waals surface area contributed by atoms with E-state index in [0.717, 1.165) is 55.9 Å². The van der Waals surface area contributed by atoms with Crippen LogP contribution in [-0.2, 0) is 19.5 Å². The van der Waals surface area contributed by atoms with Crippen molar-refractivity contribution in [1.82, 2.24) is 19.1 Å². The van der Waals surface area contributed by atoms with Crippen molar-refractivity contribution in [1.29, 1.82) is 0 Å². The molecule has 8 aromatic rings. The lowest BCUT2D eigenvalue weighted by Gasteiger charge is -2.12. The van der Waals surface area contributed by atoms with E-state index in [-0.39, 0.29) is 12.4 Å². The van der Waals surface area contributed by atoms with E-state index in [2.05, 4.69) is 123 Å². The van der Waals surface area contributed by atoms with Crippen LogP contribution in [0.25, 0.3) is 54.2 Å². The Balaban J connectivity index is 0.00000351. The van der Waals surface area contributed by atoms with Gasteiger partial charge in [-0.15, -0.1) is 23.7 Å². The average Bonchev–Trinajstić information content (AvgIpc) is 3.82. The molecule has 7 heteroatoms. The van der Waals surface area contributed by atoms with E-state index >= 15 is 0 Å². The number of nitrogens with zero attached hydrogens (tertiary/aromatic N) is 4. The van der Waals surface area contributed by atoms with Crippen molar-refractivity contribution in [2.45, 2.75) is 45.7 Å². The Bertz CT molecular complexity index is 2290. The highest BCUT2D eigenvalue weighted by Crippen LogP contribution is 2.37. The highest BCUT2D eigenvalue weighted by atomic mass is 35.5. The van der Waals surface area contributed by atoms with Crippen molar-refractivity contribution >= 4 is 67.4 Å². The van der Waals surface area contributed by atoms with Crippen molar-refractivity contribution in [2.24, 2.45) is 0 Å². The molecule has 0 bridgehead atoms. The molecule has 0 radical (unpaired) electrons. The van der Waals surface area contributed by atoms with Crippen LogP contribution in [-0.4, -0.2) is 25.7 Å². The summed E-state index contributed by atoms with van der Waals surface area (Å²) in [7, 11) is 0. The molecular formula is C40H37ClN4OS. The molecule has 47 heavy (non-hydrogen) atoms. The molecule has 3 aromatic carbocycles. The standard InChI is InChI=1S/C40H36N4OS.ClH/c1-28-39-33(19-21-41-28)32-18-17-30(27-36(32)44(39)24-9-13-29-11-3-2-4-12-29)45-25-8-7-23-43-35-15-6-5-14-31(35)34-20-22-42-38(40(34)43)37-16-10-26-46-37;/h2-6,10-12,14-22,26-27H,7-9,13,23-25H2,1H3;1H. The predicted molar refractivity (Wildman–Crippen MR) is 199 cm³/mol. The summed E-state index contributed by atoms with van der Waals surface area (Å²) in [5.74, 6) is 0.922. The quantitative estimate of drug-likeness (QED) is 0.130. The zero-order valence-corrected chi connectivity index (χ0v) is 28.1. The number of benzene rings is 3. The third kappa shape index (κ3) is 5.88. The van der Waals surface area contributed by atoms with Gasteiger partial charge in [-0.3, -0.25) is 9.97 Å². The number of thiophene rings is 1. The van der Waals surface area contributed by atoms with E-state index in [1.54, 1.807) is 11.3 Å². The Morgan fingerprint density at radius 2 is 1.40 bits per heavy atom. The third-order valence-electron chi connectivity index (χ3n) is 9.10. The van der Waals surface area contributed by atoms with Crippen LogP contribution >= 0.6 is 23.7 Å². The fourth-order valence-corrected chi connectivity index (χ4v) is 7.72. The van der Waals surface area contributed by atoms with Crippen molar-refractivity contribution in [3.63, 3.8) is 0 Å². The van der Waals surface area contributed by atoms with Gasteiger partial charge in [0.1, 0.15) is 11.4 Å². The van der Waals surface area contributed by atoms with Crippen LogP contribution in [0.5, 0.6) is 5.75 Å². The number of rotatable bonds is 11. The molecule has 5 nitrogen and oxygen atoms in total. The topological polar surface area (TPSA) is 44.9 Å². The summed E-state index contributed by atoms with van der Waals surface area (Å²) in [6.07, 6.45) is 7.96. The first-order valence-corrected chi connectivity index (χ1v) is 17.1. The van der Waals surface area contributed by atoms with Crippen molar-refractivity contribution in [3.05, 3.63) is 126 Å². The molecule has 0 saturated heterocycles. The minimum Gasteiger partial charge on any atom is -0.494 e. The molecule has 0 aliphatic carbocycles. The largest absolute Gasteiger partial charge is 0.494 e. The smallest absolute Gasteiger partial charge is 0.121 e. The van der Waals surface area contributed by atoms with Crippen molar-refractivity contribution < 1.29 is 4.74 Å². The van der Waals surface area contributed by atoms with Gasteiger partial charge >= 0.3 is 0 Å². The van der Waals surface area contributed by atoms with Gasteiger partial charge in [-0.25, -0.2) is 0 Å². The number of hydrogen-bond donors (Lipinski definition) is 0. The molecule has 0 spiro atoms. The predicted octanol–water partition coefficient (Wildman–Crippen LogP) is 10.6. The monoisotopic (exact) mass is 656 g/mol. The minimum atomic E-state index is 0. The van der Waals surface area contributed by atoms with Crippen LogP contribution in [0.15, 0.2) is 115 Å². The Morgan fingerprint density at radius 1 is 0.660 bits per heavy atom. The lowest BCUT2D eigenvalue weighted by atomic mass is 10.1. The summed E-state index contributed by atoms with van der Waals surface area (Å²) in [6.45, 7) is 4.64. The molecule has 5 aromatic heterocycles. The Morgan fingerprint density at radius 3 is 2.26 bits per heavy atom. The van der Waals surface area contributed by atoms with E-state index in [1.807, 2.05) is 12.4 Å². The Labute approximate surface area is 284 Å². The van der Waals surface area contributed by atoms with Gasteiger partial charge in [-0.1, -0.05) is 54.6 Å². The number of unbranched alkanes of at least 4 members (excludes halogenated alkanes) is 1. The van der Waals surface area contributed by atoms with Gasteiger partial charge in [0.05, 0.1) is 33.7 Å². The second-order valence-corrected chi connectivity index (χ2v) is 12.9. The molecule has 0 amide bonds. The van der Waals surface area contributed by atoms with Crippen molar-refractivity contribution in [3.8, 4) is 16.3 Å². The maximum absolute atomic E-state index is 6.40. The first-order chi connectivity index (χ1) is 22.8. The van der Waals surface area contributed by atoms with Crippen LogP contribution in [0, 0.1) is 6.92 Å². The summed E-state index contributed by atoms with van der Waals surface area (Å²) < 4.78 is 11.3. The van der Waals surface area contributed by atoms with Gasteiger partial charge in [0, 0.05) is 58.6 Å². The first-order valence-electron chi connectivity index (χ1n) is 16.2. The number of aryl methyl sites for hydroxylation is 4. The SMILES string of the molecule is Cc1nccc2c3ccc(OCCCCn4c5ccccc5c5ccnc(-c6cccs6)c54)cc3n(CCCc3ccccc3)c12.Cl. The van der Waals surface area contributed by atoms with Crippen LogP contribution in [0.1, 0.15) is 30.5 Å². The second-order valence-electron chi connectivity index (χ2n) is 12.0. The summed E-state index contributed by atoms with van der Waals surface area (Å²) in [5.41, 5.74) is 8.45. The van der Waals surface area contributed by atoms with E-state index in [0.29, 0.717) is 6.61 Å². The zero-order valence-electron chi connectivity index (χ0n) is 26.4. The van der Waals surface area contributed by atoms with E-state index in [1.165, 1.54) is 54.1 Å². The molecule has 0 atom stereocenters. The fraction of sp³-hybridized carbons (Fsp3) is 0.200. The molecule has 0 unspecified atom stereocenters. The van der Waals surface area contributed by atoms with Gasteiger partial charge in [0.15, 0.2) is 0 Å². The number of para-hydroxylation sites is 1. The van der Waals surface area contributed by atoms with Gasteiger partial charge in [0.2, 0.25) is 0 Å². The number of ether oxygens (including phenoxy) is 1. The molecule has 8 rings (SSSR count). The van der Waals surface area contributed by atoms with E-state index in [9.17, 15) is 0 Å². The maximum Gasteiger partial charge on any atom is 0.121 e. The maximum atomic E-state index is 6.40. The van der Waals surface area contributed by atoms with Crippen molar-refractivity contribution in [2.75, 3.05) is 6.61 Å². The molecule has 0 N–H and O–H groups in total. The Kier molecular flexibility index (Phi) is 8.96. The highest BCUT2D eigenvalue weighted by Gasteiger charge is 2.17. The molecular weight excluding hydrogens is 620 g/mol.